The summed E-state index contributed by atoms with van der Waals surface area (Å²) in [5.41, 5.74) is 1.97. The standard InChI is InChI=1S/C32H49NO3/c1-4-6-8-9-16-22-33(3)32(36-23-17-7-5-2)25-30(34-26-28-18-12-10-13-19-28)24-31(32)35-27-29-20-14-11-15-21-29/h10-15,18-21,30-31H,4-9,16-17,22-27H2,1-3H3/t30-,31+,32-/m1/s1. The topological polar surface area (TPSA) is 30.9 Å². The minimum absolute atomic E-state index is 0.0271. The first-order valence-corrected chi connectivity index (χ1v) is 14.3. The van der Waals surface area contributed by atoms with E-state index in [1.54, 1.807) is 0 Å². The molecule has 0 aromatic heterocycles. The van der Waals surface area contributed by atoms with E-state index in [4.69, 9.17) is 14.2 Å². The zero-order valence-electron chi connectivity index (χ0n) is 23.0. The van der Waals surface area contributed by atoms with E-state index in [2.05, 4.69) is 86.5 Å². The van der Waals surface area contributed by atoms with Crippen LogP contribution in [0.15, 0.2) is 60.7 Å². The molecule has 0 heterocycles. The SMILES string of the molecule is CCCCCCCN(C)[C@@]1(OCCCCC)C[C@H](OCc2ccccc2)C[C@@H]1OCc1ccccc1. The van der Waals surface area contributed by atoms with Crippen LogP contribution < -0.4 is 0 Å². The fraction of sp³-hybridized carbons (Fsp3) is 0.625. The Hall–Kier alpha value is -1.72. The smallest absolute Gasteiger partial charge is 0.150 e. The Kier molecular flexibility index (Phi) is 13.0. The first-order valence-electron chi connectivity index (χ1n) is 14.3. The van der Waals surface area contributed by atoms with Gasteiger partial charge in [-0.1, -0.05) is 113 Å². The number of nitrogens with zero attached hydrogens (tertiary/aromatic N) is 1. The van der Waals surface area contributed by atoms with Crippen LogP contribution in [0.4, 0.5) is 0 Å². The lowest BCUT2D eigenvalue weighted by Gasteiger charge is -2.43. The van der Waals surface area contributed by atoms with Gasteiger partial charge in [-0.15, -0.1) is 0 Å². The van der Waals surface area contributed by atoms with Crippen LogP contribution in [-0.2, 0) is 27.4 Å². The summed E-state index contributed by atoms with van der Waals surface area (Å²) in [4.78, 5) is 2.45. The second kappa shape index (κ2) is 16.2. The highest BCUT2D eigenvalue weighted by Crippen LogP contribution is 2.41. The Morgan fingerprint density at radius 1 is 0.750 bits per heavy atom. The van der Waals surface area contributed by atoms with Crippen molar-refractivity contribution in [2.75, 3.05) is 20.2 Å². The van der Waals surface area contributed by atoms with Crippen LogP contribution in [-0.4, -0.2) is 43.0 Å². The highest BCUT2D eigenvalue weighted by Gasteiger charge is 2.52. The Labute approximate surface area is 220 Å². The first-order chi connectivity index (χ1) is 17.7. The maximum absolute atomic E-state index is 6.84. The number of benzene rings is 2. The van der Waals surface area contributed by atoms with Gasteiger partial charge < -0.3 is 14.2 Å². The van der Waals surface area contributed by atoms with Crippen molar-refractivity contribution in [1.82, 2.24) is 4.90 Å². The highest BCUT2D eigenvalue weighted by atomic mass is 16.6. The van der Waals surface area contributed by atoms with E-state index >= 15 is 0 Å². The van der Waals surface area contributed by atoms with Gasteiger partial charge in [0.25, 0.3) is 0 Å². The summed E-state index contributed by atoms with van der Waals surface area (Å²) >= 11 is 0. The third kappa shape index (κ3) is 8.99. The lowest BCUT2D eigenvalue weighted by atomic mass is 10.1. The summed E-state index contributed by atoms with van der Waals surface area (Å²) in [7, 11) is 2.23. The predicted molar refractivity (Wildman–Crippen MR) is 149 cm³/mol. The van der Waals surface area contributed by atoms with Gasteiger partial charge in [-0.25, -0.2) is 0 Å². The van der Waals surface area contributed by atoms with Crippen LogP contribution in [0.3, 0.4) is 0 Å². The first kappa shape index (κ1) is 28.8. The van der Waals surface area contributed by atoms with Crippen molar-refractivity contribution in [3.63, 3.8) is 0 Å². The molecule has 3 rings (SSSR count). The van der Waals surface area contributed by atoms with Gasteiger partial charge in [0.05, 0.1) is 19.3 Å². The largest absolute Gasteiger partial charge is 0.373 e. The molecule has 0 unspecified atom stereocenters. The van der Waals surface area contributed by atoms with Gasteiger partial charge in [-0.2, -0.15) is 0 Å². The summed E-state index contributed by atoms with van der Waals surface area (Å²) in [6.07, 6.45) is 11.6. The zero-order valence-corrected chi connectivity index (χ0v) is 23.0. The van der Waals surface area contributed by atoms with Gasteiger partial charge in [0.2, 0.25) is 0 Å². The summed E-state index contributed by atoms with van der Waals surface area (Å²) in [6.45, 7) is 7.53. The molecule has 4 nitrogen and oxygen atoms in total. The average molecular weight is 496 g/mol. The molecule has 36 heavy (non-hydrogen) atoms. The normalized spacial score (nSPS) is 21.9. The molecule has 1 aliphatic carbocycles. The van der Waals surface area contributed by atoms with E-state index in [0.717, 1.165) is 32.4 Å². The zero-order chi connectivity index (χ0) is 25.5. The van der Waals surface area contributed by atoms with Crippen LogP contribution in [0.2, 0.25) is 0 Å². The number of ether oxygens (including phenoxy) is 3. The molecule has 2 aromatic carbocycles. The van der Waals surface area contributed by atoms with Gasteiger partial charge in [0.1, 0.15) is 11.8 Å². The summed E-state index contributed by atoms with van der Waals surface area (Å²) < 4.78 is 20.0. The van der Waals surface area contributed by atoms with Crippen LogP contribution in [0.1, 0.15) is 89.2 Å². The molecule has 2 aromatic rings. The summed E-state index contributed by atoms with van der Waals surface area (Å²) in [5.74, 6) is 0. The van der Waals surface area contributed by atoms with Crippen LogP contribution in [0, 0.1) is 0 Å². The Balaban J connectivity index is 1.73. The second-order valence-corrected chi connectivity index (χ2v) is 10.4. The number of hydrogen-bond acceptors (Lipinski definition) is 4. The predicted octanol–water partition coefficient (Wildman–Crippen LogP) is 7.76. The lowest BCUT2D eigenvalue weighted by Crippen LogP contribution is -2.55. The fourth-order valence-electron chi connectivity index (χ4n) is 5.25. The quantitative estimate of drug-likeness (QED) is 0.156. The van der Waals surface area contributed by atoms with Crippen LogP contribution in [0.25, 0.3) is 0 Å². The molecule has 3 atom stereocenters. The summed E-state index contributed by atoms with van der Waals surface area (Å²) in [5, 5.41) is 0. The maximum atomic E-state index is 6.84. The lowest BCUT2D eigenvalue weighted by molar-refractivity contribution is -0.211. The fourth-order valence-corrected chi connectivity index (χ4v) is 5.25. The van der Waals surface area contributed by atoms with E-state index in [-0.39, 0.29) is 12.2 Å². The number of likely N-dealkylation sites (N-methyl/N-ethyl adjacent to an activating group) is 1. The van der Waals surface area contributed by atoms with Gasteiger partial charge in [-0.05, 0) is 31.0 Å². The van der Waals surface area contributed by atoms with Crippen molar-refractivity contribution in [3.05, 3.63) is 71.8 Å². The van der Waals surface area contributed by atoms with Crippen molar-refractivity contribution in [2.24, 2.45) is 0 Å². The van der Waals surface area contributed by atoms with E-state index in [9.17, 15) is 0 Å². The third-order valence-electron chi connectivity index (χ3n) is 7.47. The molecule has 1 aliphatic rings. The number of unbranched alkanes of at least 4 members (excludes halogenated alkanes) is 6. The minimum Gasteiger partial charge on any atom is -0.373 e. The molecule has 0 N–H and O–H groups in total. The maximum Gasteiger partial charge on any atom is 0.150 e. The minimum atomic E-state index is -0.450. The van der Waals surface area contributed by atoms with Crippen LogP contribution in [0.5, 0.6) is 0 Å². The van der Waals surface area contributed by atoms with E-state index in [0.29, 0.717) is 13.2 Å². The van der Waals surface area contributed by atoms with E-state index < -0.39 is 5.72 Å². The molecule has 0 amide bonds. The van der Waals surface area contributed by atoms with Gasteiger partial charge in [-0.3, -0.25) is 4.90 Å². The molecule has 1 fully saturated rings. The van der Waals surface area contributed by atoms with Crippen molar-refractivity contribution in [1.29, 1.82) is 0 Å². The summed E-state index contributed by atoms with van der Waals surface area (Å²) in [6, 6.07) is 21.0. The Morgan fingerprint density at radius 2 is 1.33 bits per heavy atom. The molecule has 200 valence electrons. The van der Waals surface area contributed by atoms with Crippen molar-refractivity contribution < 1.29 is 14.2 Å². The third-order valence-corrected chi connectivity index (χ3v) is 7.47. The van der Waals surface area contributed by atoms with E-state index in [1.807, 2.05) is 0 Å². The Morgan fingerprint density at radius 3 is 1.97 bits per heavy atom. The highest BCUT2D eigenvalue weighted by molar-refractivity contribution is 5.14. The molecule has 0 bridgehead atoms. The van der Waals surface area contributed by atoms with Crippen LogP contribution >= 0.6 is 0 Å². The molecular formula is C32H49NO3. The average Bonchev–Trinajstić information content (AvgIpc) is 3.28. The molecule has 0 radical (unpaired) electrons. The molecule has 0 saturated heterocycles. The van der Waals surface area contributed by atoms with E-state index in [1.165, 1.54) is 56.1 Å². The number of hydrogen-bond donors (Lipinski definition) is 0. The molecule has 0 aliphatic heterocycles. The van der Waals surface area contributed by atoms with Crippen molar-refractivity contribution >= 4 is 0 Å². The monoisotopic (exact) mass is 495 g/mol. The van der Waals surface area contributed by atoms with Crippen molar-refractivity contribution in [2.45, 2.75) is 109 Å². The Bertz CT molecular complexity index is 815. The number of rotatable bonds is 18. The van der Waals surface area contributed by atoms with Gasteiger partial charge in [0.15, 0.2) is 0 Å². The second-order valence-electron chi connectivity index (χ2n) is 10.4. The molecular weight excluding hydrogens is 446 g/mol. The molecule has 1 saturated carbocycles. The van der Waals surface area contributed by atoms with Crippen molar-refractivity contribution in [3.8, 4) is 0 Å². The van der Waals surface area contributed by atoms with Gasteiger partial charge >= 0.3 is 0 Å². The van der Waals surface area contributed by atoms with Gasteiger partial charge in [0, 0.05) is 26.0 Å². The molecule has 0 spiro atoms. The molecule has 4 heteroatoms.